The summed E-state index contributed by atoms with van der Waals surface area (Å²) >= 11 is 0. The number of benzene rings is 3. The molecule has 0 aliphatic carbocycles. The smallest absolute Gasteiger partial charge is 0.261 e. The largest absolute Gasteiger partial charge is 0.407 e. The molecule has 3 aromatic carbocycles. The zero-order valence-electron chi connectivity index (χ0n) is 19.3. The van der Waals surface area contributed by atoms with Crippen LogP contribution in [-0.2, 0) is 4.43 Å². The van der Waals surface area contributed by atoms with Gasteiger partial charge >= 0.3 is 0 Å². The summed E-state index contributed by atoms with van der Waals surface area (Å²) in [5.74, 6) is 0. The molecule has 0 saturated heterocycles. The van der Waals surface area contributed by atoms with Gasteiger partial charge in [0, 0.05) is 6.61 Å². The van der Waals surface area contributed by atoms with E-state index < -0.39 is 8.32 Å². The van der Waals surface area contributed by atoms with Gasteiger partial charge in [0.05, 0.1) is 9.52 Å². The maximum atomic E-state index is 6.98. The highest BCUT2D eigenvalue weighted by molar-refractivity contribution is 6.99. The molecule has 162 valence electrons. The second-order valence-corrected chi connectivity index (χ2v) is 15.0. The summed E-state index contributed by atoms with van der Waals surface area (Å²) in [4.78, 5) is 0. The third-order valence-corrected chi connectivity index (χ3v) is 12.3. The van der Waals surface area contributed by atoms with Gasteiger partial charge in [0.1, 0.15) is 0 Å². The number of unbranched alkanes of at least 4 members (excludes halogenated alkanes) is 3. The second kappa shape index (κ2) is 11.6. The van der Waals surface area contributed by atoms with Crippen molar-refractivity contribution >= 4 is 33.4 Å². The molecule has 0 aliphatic rings. The zero-order chi connectivity index (χ0) is 22.0. The third kappa shape index (κ3) is 6.28. The van der Waals surface area contributed by atoms with E-state index in [1.807, 2.05) is 0 Å². The van der Waals surface area contributed by atoms with E-state index in [0.29, 0.717) is 0 Å². The minimum Gasteiger partial charge on any atom is -0.407 e. The maximum Gasteiger partial charge on any atom is 0.261 e. The molecular formula is C28H36OSi2. The van der Waals surface area contributed by atoms with Crippen molar-refractivity contribution in [1.82, 2.24) is 0 Å². The molecule has 0 atom stereocenters. The van der Waals surface area contributed by atoms with Gasteiger partial charge in [0.2, 0.25) is 0 Å². The Kier molecular flexibility index (Phi) is 8.88. The molecule has 1 nitrogen and oxygen atoms in total. The standard InChI is InChI=1S/C28H36OSi2/c1-28(2,3)31(26-19-11-7-12-20-26,27-21-13-8-14-22-27)29-23-15-4-5-16-24-30-25-17-9-6-10-18-25/h6-14,17-22H,4-5,15-16,23-24H2,1-3H3. The average Bonchev–Trinajstić information content (AvgIpc) is 2.79. The lowest BCUT2D eigenvalue weighted by Gasteiger charge is -2.43. The fourth-order valence-corrected chi connectivity index (χ4v) is 10.1. The second-order valence-electron chi connectivity index (χ2n) is 9.22. The Labute approximate surface area is 192 Å². The first-order valence-corrected chi connectivity index (χ1v) is 14.7. The SMILES string of the molecule is CC(C)(C)[Si](OCCCCCC[Si]c1ccccc1)(c1ccccc1)c1ccccc1. The summed E-state index contributed by atoms with van der Waals surface area (Å²) in [6.45, 7) is 7.89. The van der Waals surface area contributed by atoms with Crippen LogP contribution in [0.3, 0.4) is 0 Å². The molecule has 0 N–H and O–H groups in total. The summed E-state index contributed by atoms with van der Waals surface area (Å²) in [6, 6.07) is 34.1. The first-order chi connectivity index (χ1) is 15.0. The summed E-state index contributed by atoms with van der Waals surface area (Å²) in [7, 11) is -1.43. The quantitative estimate of drug-likeness (QED) is 0.277. The molecule has 3 rings (SSSR count). The van der Waals surface area contributed by atoms with Crippen molar-refractivity contribution in [2.45, 2.75) is 57.5 Å². The van der Waals surface area contributed by atoms with Crippen molar-refractivity contribution in [1.29, 1.82) is 0 Å². The maximum absolute atomic E-state index is 6.98. The fourth-order valence-electron chi connectivity index (χ4n) is 4.36. The van der Waals surface area contributed by atoms with Gasteiger partial charge in [-0.2, -0.15) is 0 Å². The molecule has 0 aromatic heterocycles. The van der Waals surface area contributed by atoms with Gasteiger partial charge < -0.3 is 4.43 Å². The van der Waals surface area contributed by atoms with E-state index in [-0.39, 0.29) is 5.04 Å². The van der Waals surface area contributed by atoms with Crippen LogP contribution < -0.4 is 15.6 Å². The molecule has 0 amide bonds. The van der Waals surface area contributed by atoms with Crippen LogP contribution in [-0.4, -0.2) is 24.4 Å². The minimum atomic E-state index is -2.37. The lowest BCUT2D eigenvalue weighted by Crippen LogP contribution is -2.66. The van der Waals surface area contributed by atoms with Crippen molar-refractivity contribution in [2.75, 3.05) is 6.61 Å². The molecule has 2 radical (unpaired) electrons. The first kappa shape index (κ1) is 23.7. The van der Waals surface area contributed by atoms with Gasteiger partial charge in [-0.3, -0.25) is 0 Å². The van der Waals surface area contributed by atoms with Gasteiger partial charge in [0.25, 0.3) is 8.32 Å². The highest BCUT2D eigenvalue weighted by atomic mass is 28.4. The number of hydrogen-bond donors (Lipinski definition) is 0. The van der Waals surface area contributed by atoms with Crippen LogP contribution in [0.2, 0.25) is 11.1 Å². The number of hydrogen-bond acceptors (Lipinski definition) is 1. The lowest BCUT2D eigenvalue weighted by atomic mass is 10.2. The van der Waals surface area contributed by atoms with Crippen LogP contribution in [0.4, 0.5) is 0 Å². The predicted molar refractivity (Wildman–Crippen MR) is 139 cm³/mol. The van der Waals surface area contributed by atoms with E-state index >= 15 is 0 Å². The first-order valence-electron chi connectivity index (χ1n) is 11.6. The Morgan fingerprint density at radius 3 is 1.65 bits per heavy atom. The molecule has 0 heterocycles. The van der Waals surface area contributed by atoms with Gasteiger partial charge in [-0.25, -0.2) is 0 Å². The van der Waals surface area contributed by atoms with Gasteiger partial charge in [-0.1, -0.05) is 142 Å². The van der Waals surface area contributed by atoms with E-state index in [4.69, 9.17) is 4.43 Å². The Balaban J connectivity index is 1.58. The predicted octanol–water partition coefficient (Wildman–Crippen LogP) is 5.57. The van der Waals surface area contributed by atoms with Crippen molar-refractivity contribution in [3.05, 3.63) is 91.0 Å². The molecule has 0 bridgehead atoms. The lowest BCUT2D eigenvalue weighted by molar-refractivity contribution is 0.287. The monoisotopic (exact) mass is 444 g/mol. The molecule has 3 aromatic rings. The van der Waals surface area contributed by atoms with Crippen LogP contribution in [0, 0.1) is 0 Å². The van der Waals surface area contributed by atoms with E-state index in [1.54, 1.807) is 0 Å². The molecule has 0 spiro atoms. The minimum absolute atomic E-state index is 0.0620. The Morgan fingerprint density at radius 1 is 0.645 bits per heavy atom. The van der Waals surface area contributed by atoms with Crippen molar-refractivity contribution < 1.29 is 4.43 Å². The van der Waals surface area contributed by atoms with E-state index in [0.717, 1.165) is 22.5 Å². The van der Waals surface area contributed by atoms with Crippen LogP contribution in [0.15, 0.2) is 91.0 Å². The normalized spacial score (nSPS) is 12.1. The van der Waals surface area contributed by atoms with Gasteiger partial charge in [-0.15, -0.1) is 0 Å². The molecule has 0 aliphatic heterocycles. The van der Waals surface area contributed by atoms with E-state index in [9.17, 15) is 0 Å². The Hall–Kier alpha value is -1.95. The topological polar surface area (TPSA) is 9.23 Å². The summed E-state index contributed by atoms with van der Waals surface area (Å²) in [5.41, 5.74) is 0. The zero-order valence-corrected chi connectivity index (χ0v) is 21.3. The molecule has 0 saturated carbocycles. The molecule has 31 heavy (non-hydrogen) atoms. The van der Waals surface area contributed by atoms with E-state index in [2.05, 4.69) is 112 Å². The van der Waals surface area contributed by atoms with Crippen molar-refractivity contribution in [3.8, 4) is 0 Å². The Morgan fingerprint density at radius 2 is 1.13 bits per heavy atom. The third-order valence-electron chi connectivity index (χ3n) is 5.91. The van der Waals surface area contributed by atoms with Crippen LogP contribution >= 0.6 is 0 Å². The van der Waals surface area contributed by atoms with Crippen LogP contribution in [0.25, 0.3) is 0 Å². The summed E-state index contributed by atoms with van der Waals surface area (Å²) in [5, 5.41) is 4.29. The Bertz CT molecular complexity index is 834. The van der Waals surface area contributed by atoms with Crippen LogP contribution in [0.5, 0.6) is 0 Å². The molecule has 3 heteroatoms. The van der Waals surface area contributed by atoms with Crippen LogP contribution in [0.1, 0.15) is 46.5 Å². The molecular weight excluding hydrogens is 408 g/mol. The van der Waals surface area contributed by atoms with E-state index in [1.165, 1.54) is 40.9 Å². The molecule has 0 unspecified atom stereocenters. The molecule has 0 fully saturated rings. The van der Waals surface area contributed by atoms with Crippen molar-refractivity contribution in [2.24, 2.45) is 0 Å². The fraction of sp³-hybridized carbons (Fsp3) is 0.357. The van der Waals surface area contributed by atoms with Crippen molar-refractivity contribution in [3.63, 3.8) is 0 Å². The van der Waals surface area contributed by atoms with Gasteiger partial charge in [0.15, 0.2) is 0 Å². The highest BCUT2D eigenvalue weighted by Gasteiger charge is 2.49. The summed E-state index contributed by atoms with van der Waals surface area (Å²) < 4.78 is 6.98. The number of rotatable bonds is 11. The average molecular weight is 445 g/mol. The summed E-state index contributed by atoms with van der Waals surface area (Å²) in [6.07, 6.45) is 4.99. The van der Waals surface area contributed by atoms with Gasteiger partial charge in [-0.05, 0) is 21.8 Å². The highest BCUT2D eigenvalue weighted by Crippen LogP contribution is 2.36.